The Morgan fingerprint density at radius 3 is 2.41 bits per heavy atom. The van der Waals surface area contributed by atoms with Crippen molar-refractivity contribution in [2.45, 2.75) is 39.6 Å². The van der Waals surface area contributed by atoms with Crippen LogP contribution in [0.2, 0.25) is 0 Å². The minimum atomic E-state index is -4.81. The Bertz CT molecular complexity index is 1310. The van der Waals surface area contributed by atoms with Gasteiger partial charge in [-0.25, -0.2) is 4.39 Å². The highest BCUT2D eigenvalue weighted by Crippen LogP contribution is 2.28. The first-order valence-corrected chi connectivity index (χ1v) is 13.0. The van der Waals surface area contributed by atoms with E-state index < -0.39 is 6.36 Å². The number of hydrogen-bond donors (Lipinski definition) is 0. The third kappa shape index (κ3) is 7.69. The van der Waals surface area contributed by atoms with Crippen molar-refractivity contribution in [3.63, 3.8) is 0 Å². The number of amides is 1. The van der Waals surface area contributed by atoms with Crippen LogP contribution in [-0.2, 0) is 6.54 Å². The van der Waals surface area contributed by atoms with E-state index in [0.29, 0.717) is 18.7 Å². The number of hydrogen-bond acceptors (Lipinski definition) is 3. The molecule has 0 unspecified atom stereocenters. The molecule has 0 aromatic heterocycles. The molecule has 206 valence electrons. The molecule has 3 aromatic rings. The fourth-order valence-corrected chi connectivity index (χ4v) is 4.78. The lowest BCUT2D eigenvalue weighted by Crippen LogP contribution is -2.37. The van der Waals surface area contributed by atoms with E-state index in [0.717, 1.165) is 60.3 Å². The number of ether oxygens (including phenoxy) is 1. The van der Waals surface area contributed by atoms with Crippen LogP contribution in [0.15, 0.2) is 66.7 Å². The molecule has 4 nitrogen and oxygen atoms in total. The van der Waals surface area contributed by atoms with E-state index in [1.807, 2.05) is 44.2 Å². The van der Waals surface area contributed by atoms with E-state index in [2.05, 4.69) is 9.64 Å². The average Bonchev–Trinajstić information content (AvgIpc) is 3.42. The van der Waals surface area contributed by atoms with Crippen molar-refractivity contribution in [1.29, 1.82) is 0 Å². The first-order chi connectivity index (χ1) is 18.6. The Hall–Kier alpha value is -3.65. The van der Waals surface area contributed by atoms with Crippen LogP contribution < -0.4 is 4.74 Å². The Balaban J connectivity index is 1.59. The van der Waals surface area contributed by atoms with E-state index in [1.165, 1.54) is 18.2 Å². The second-order valence-electron chi connectivity index (χ2n) is 9.73. The largest absolute Gasteiger partial charge is 0.573 e. The summed E-state index contributed by atoms with van der Waals surface area (Å²) < 4.78 is 56.5. The monoisotopic (exact) mass is 540 g/mol. The maximum Gasteiger partial charge on any atom is 0.573 e. The number of carbonyl (C=O) groups excluding carboxylic acids is 1. The fourth-order valence-electron chi connectivity index (χ4n) is 4.78. The first-order valence-electron chi connectivity index (χ1n) is 13.0. The van der Waals surface area contributed by atoms with Gasteiger partial charge in [0.25, 0.3) is 5.91 Å². The zero-order chi connectivity index (χ0) is 28.0. The molecule has 4 rings (SSSR count). The predicted molar refractivity (Wildman–Crippen MR) is 145 cm³/mol. The molecule has 1 fully saturated rings. The summed E-state index contributed by atoms with van der Waals surface area (Å²) in [7, 11) is 0. The molecule has 0 bridgehead atoms. The molecule has 0 radical (unpaired) electrons. The highest BCUT2D eigenvalue weighted by molar-refractivity contribution is 5.94. The van der Waals surface area contributed by atoms with Crippen molar-refractivity contribution in [2.75, 3.05) is 26.2 Å². The summed E-state index contributed by atoms with van der Waals surface area (Å²) in [6.07, 6.45) is 1.33. The van der Waals surface area contributed by atoms with Gasteiger partial charge in [-0.05, 0) is 104 Å². The van der Waals surface area contributed by atoms with E-state index in [1.54, 1.807) is 17.0 Å². The SMILES string of the molecule is C/C=C\c1cc(-c2cc(CN(CCN3CCCC3)C(=O)c3ccc(OC(F)(F)F)cc3)ccc2F)ccc1C. The average molecular weight is 541 g/mol. The summed E-state index contributed by atoms with van der Waals surface area (Å²) in [6, 6.07) is 15.5. The van der Waals surface area contributed by atoms with Crippen LogP contribution in [0, 0.1) is 12.7 Å². The molecular formula is C31H32F4N2O2. The van der Waals surface area contributed by atoms with Gasteiger partial charge in [-0.2, -0.15) is 0 Å². The molecule has 1 saturated heterocycles. The third-order valence-electron chi connectivity index (χ3n) is 6.85. The van der Waals surface area contributed by atoms with Crippen LogP contribution in [0.1, 0.15) is 46.8 Å². The molecule has 1 heterocycles. The molecule has 0 spiro atoms. The van der Waals surface area contributed by atoms with Gasteiger partial charge in [0.15, 0.2) is 0 Å². The topological polar surface area (TPSA) is 32.8 Å². The lowest BCUT2D eigenvalue weighted by atomic mass is 9.97. The lowest BCUT2D eigenvalue weighted by Gasteiger charge is -2.26. The van der Waals surface area contributed by atoms with Crippen molar-refractivity contribution < 1.29 is 27.1 Å². The number of halogens is 4. The van der Waals surface area contributed by atoms with Crippen molar-refractivity contribution >= 4 is 12.0 Å². The Labute approximate surface area is 226 Å². The molecule has 0 N–H and O–H groups in total. The van der Waals surface area contributed by atoms with Crippen LogP contribution in [-0.4, -0.2) is 48.2 Å². The molecule has 0 atom stereocenters. The van der Waals surface area contributed by atoms with Crippen molar-refractivity contribution in [1.82, 2.24) is 9.80 Å². The summed E-state index contributed by atoms with van der Waals surface area (Å²) >= 11 is 0. The summed E-state index contributed by atoms with van der Waals surface area (Å²) in [5.41, 5.74) is 4.27. The predicted octanol–water partition coefficient (Wildman–Crippen LogP) is 7.47. The molecule has 1 aliphatic rings. The quantitative estimate of drug-likeness (QED) is 0.264. The molecule has 0 aliphatic carbocycles. The number of alkyl halides is 3. The number of rotatable bonds is 9. The van der Waals surface area contributed by atoms with Gasteiger partial charge >= 0.3 is 6.36 Å². The van der Waals surface area contributed by atoms with Gasteiger partial charge in [0.2, 0.25) is 0 Å². The van der Waals surface area contributed by atoms with Crippen molar-refractivity contribution in [3.8, 4) is 16.9 Å². The maximum atomic E-state index is 14.9. The minimum Gasteiger partial charge on any atom is -0.406 e. The summed E-state index contributed by atoms with van der Waals surface area (Å²) in [4.78, 5) is 17.4. The zero-order valence-corrected chi connectivity index (χ0v) is 22.1. The molecule has 1 amide bonds. The smallest absolute Gasteiger partial charge is 0.406 e. The maximum absolute atomic E-state index is 14.9. The Morgan fingerprint density at radius 2 is 1.74 bits per heavy atom. The Kier molecular flexibility index (Phi) is 9.07. The van der Waals surface area contributed by atoms with Crippen LogP contribution >= 0.6 is 0 Å². The normalized spacial score (nSPS) is 14.2. The number of aryl methyl sites for hydroxylation is 1. The van der Waals surface area contributed by atoms with Gasteiger partial charge in [0.05, 0.1) is 0 Å². The highest BCUT2D eigenvalue weighted by atomic mass is 19.4. The lowest BCUT2D eigenvalue weighted by molar-refractivity contribution is -0.274. The van der Waals surface area contributed by atoms with Gasteiger partial charge in [-0.15, -0.1) is 13.2 Å². The van der Waals surface area contributed by atoms with Crippen molar-refractivity contribution in [3.05, 3.63) is 94.8 Å². The Morgan fingerprint density at radius 1 is 1.03 bits per heavy atom. The number of likely N-dealkylation sites (tertiary alicyclic amines) is 1. The third-order valence-corrected chi connectivity index (χ3v) is 6.85. The van der Waals surface area contributed by atoms with Crippen LogP contribution in [0.3, 0.4) is 0 Å². The standard InChI is InChI=1S/C31H32F4N2O2/c1-3-6-25-20-26(9-7-22(25)2)28-19-23(8-14-29(28)32)21-37(18-17-36-15-4-5-16-36)30(38)24-10-12-27(13-11-24)39-31(33,34)35/h3,6-14,19-20H,4-5,15-18,21H2,1-2H3/b6-3-. The van der Waals surface area contributed by atoms with Crippen LogP contribution in [0.4, 0.5) is 17.6 Å². The van der Waals surface area contributed by atoms with Crippen LogP contribution in [0.25, 0.3) is 17.2 Å². The van der Waals surface area contributed by atoms with E-state index >= 15 is 0 Å². The van der Waals surface area contributed by atoms with Gasteiger partial charge < -0.3 is 14.5 Å². The van der Waals surface area contributed by atoms with Gasteiger partial charge in [-0.3, -0.25) is 4.79 Å². The summed E-state index contributed by atoms with van der Waals surface area (Å²) in [5, 5.41) is 0. The molecule has 3 aromatic carbocycles. The molecule has 39 heavy (non-hydrogen) atoms. The number of benzene rings is 3. The second-order valence-corrected chi connectivity index (χ2v) is 9.73. The van der Waals surface area contributed by atoms with Gasteiger partial charge in [-0.1, -0.05) is 30.4 Å². The van der Waals surface area contributed by atoms with Crippen molar-refractivity contribution in [2.24, 2.45) is 0 Å². The second kappa shape index (κ2) is 12.5. The number of carbonyl (C=O) groups is 1. The number of allylic oxidation sites excluding steroid dienone is 1. The molecule has 1 aliphatic heterocycles. The van der Waals surface area contributed by atoms with Crippen LogP contribution in [0.5, 0.6) is 5.75 Å². The highest BCUT2D eigenvalue weighted by Gasteiger charge is 2.31. The fraction of sp³-hybridized carbons (Fsp3) is 0.323. The zero-order valence-electron chi connectivity index (χ0n) is 22.1. The minimum absolute atomic E-state index is 0.230. The van der Waals surface area contributed by atoms with E-state index in [4.69, 9.17) is 0 Å². The van der Waals surface area contributed by atoms with Gasteiger partial charge in [0, 0.05) is 30.8 Å². The molecule has 0 saturated carbocycles. The summed E-state index contributed by atoms with van der Waals surface area (Å²) in [5.74, 6) is -1.06. The molecular weight excluding hydrogens is 508 g/mol. The summed E-state index contributed by atoms with van der Waals surface area (Å²) in [6.45, 7) is 7.20. The van der Waals surface area contributed by atoms with E-state index in [-0.39, 0.29) is 29.6 Å². The number of nitrogens with zero attached hydrogens (tertiary/aromatic N) is 2. The molecule has 8 heteroatoms. The van der Waals surface area contributed by atoms with Gasteiger partial charge in [0.1, 0.15) is 11.6 Å². The first kappa shape index (κ1) is 28.4. The van der Waals surface area contributed by atoms with E-state index in [9.17, 15) is 22.4 Å².